The van der Waals surface area contributed by atoms with Crippen LogP contribution in [0.2, 0.25) is 0 Å². The van der Waals surface area contributed by atoms with Crippen LogP contribution < -0.4 is 10.6 Å². The molecule has 51 heavy (non-hydrogen) atoms. The van der Waals surface area contributed by atoms with Crippen LogP contribution in [0, 0.1) is 13.8 Å². The fraction of sp³-hybridized carbons (Fsp3) is 0.429. The molecular weight excluding hydrogens is 672 g/mol. The first-order chi connectivity index (χ1) is 24.1. The predicted molar refractivity (Wildman–Crippen MR) is 177 cm³/mol. The Bertz CT molecular complexity index is 2030. The fourth-order valence-corrected chi connectivity index (χ4v) is 6.59. The molecule has 4 aromatic rings. The lowest BCUT2D eigenvalue weighted by Gasteiger charge is -2.24. The van der Waals surface area contributed by atoms with Gasteiger partial charge in [0, 0.05) is 43.1 Å². The van der Waals surface area contributed by atoms with Crippen LogP contribution in [0.15, 0.2) is 36.7 Å². The number of aryl methyl sites for hydroxylation is 3. The molecule has 0 spiro atoms. The highest BCUT2D eigenvalue weighted by Gasteiger charge is 2.50. The van der Waals surface area contributed by atoms with E-state index in [0.717, 1.165) is 28.2 Å². The van der Waals surface area contributed by atoms with Crippen molar-refractivity contribution in [1.82, 2.24) is 34.9 Å². The second-order valence-corrected chi connectivity index (χ2v) is 13.2. The predicted octanol–water partition coefficient (Wildman–Crippen LogP) is 4.91. The molecule has 2 aliphatic rings. The molecule has 2 aliphatic heterocycles. The number of anilines is 1. The van der Waals surface area contributed by atoms with Gasteiger partial charge in [-0.05, 0) is 68.0 Å². The standard InChI is InChI=1S/C35H36F4N8O4/c1-19-9-10-27(35(37,38)39)43-32(19)44-33(51)26-13-34(36)17-42-28(49)8-6-4-5-7-22-11-23(24-14-40-21(3)41-15-24)12-25-30(20(2)48)45-47(31(22)25)16-29(50)46(26)18-34/h9-12,14-15,26H,4-8,13,16-18H2,1-3H3,(H,42,49)(H,43,44,51)/t26-,34+/m0/s1. The Labute approximate surface area is 290 Å². The van der Waals surface area contributed by atoms with Gasteiger partial charge in [-0.1, -0.05) is 12.5 Å². The maximum absolute atomic E-state index is 16.4. The fourth-order valence-electron chi connectivity index (χ4n) is 6.59. The summed E-state index contributed by atoms with van der Waals surface area (Å²) in [5, 5.41) is 9.97. The van der Waals surface area contributed by atoms with Gasteiger partial charge in [-0.25, -0.2) is 19.3 Å². The highest BCUT2D eigenvalue weighted by Crippen LogP contribution is 2.35. The maximum atomic E-state index is 16.4. The van der Waals surface area contributed by atoms with Crippen LogP contribution in [0.25, 0.3) is 22.0 Å². The number of benzene rings is 1. The van der Waals surface area contributed by atoms with Crippen molar-refractivity contribution in [3.8, 4) is 11.1 Å². The molecule has 1 fully saturated rings. The minimum atomic E-state index is -4.78. The van der Waals surface area contributed by atoms with Crippen LogP contribution in [-0.2, 0) is 33.5 Å². The highest BCUT2D eigenvalue weighted by atomic mass is 19.4. The Kier molecular flexibility index (Phi) is 9.61. The van der Waals surface area contributed by atoms with E-state index in [4.69, 9.17) is 0 Å². The number of hydrogen-bond acceptors (Lipinski definition) is 8. The number of nitrogens with one attached hydrogen (secondary N) is 2. The maximum Gasteiger partial charge on any atom is 0.433 e. The lowest BCUT2D eigenvalue weighted by molar-refractivity contribution is -0.141. The van der Waals surface area contributed by atoms with Gasteiger partial charge in [0.2, 0.25) is 17.7 Å². The summed E-state index contributed by atoms with van der Waals surface area (Å²) in [4.78, 5) is 66.5. The molecule has 2 bridgehead atoms. The Balaban J connectivity index is 1.41. The largest absolute Gasteiger partial charge is 0.433 e. The average molecular weight is 709 g/mol. The first-order valence-corrected chi connectivity index (χ1v) is 16.6. The smallest absolute Gasteiger partial charge is 0.353 e. The highest BCUT2D eigenvalue weighted by molar-refractivity contribution is 6.07. The quantitative estimate of drug-likeness (QED) is 0.224. The van der Waals surface area contributed by atoms with E-state index in [0.29, 0.717) is 48.0 Å². The number of amides is 3. The summed E-state index contributed by atoms with van der Waals surface area (Å²) in [6.07, 6.45) is 0.524. The summed E-state index contributed by atoms with van der Waals surface area (Å²) >= 11 is 0. The number of halogens is 4. The summed E-state index contributed by atoms with van der Waals surface area (Å²) in [5.41, 5.74) is -0.395. The van der Waals surface area contributed by atoms with Gasteiger partial charge in [0.15, 0.2) is 5.78 Å². The second-order valence-electron chi connectivity index (χ2n) is 13.2. The van der Waals surface area contributed by atoms with Gasteiger partial charge in [0.25, 0.3) is 0 Å². The van der Waals surface area contributed by atoms with E-state index in [2.05, 4.69) is 30.7 Å². The SMILES string of the molecule is CC(=O)c1nn2c3c(cc(-c4cnc(C)nc4)cc13)CCCCCC(=O)NC[C@]1(F)C[C@@H](C(=O)Nc3nc(C(F)(F)F)ccc3C)N(C1)C(=O)C2. The van der Waals surface area contributed by atoms with Crippen LogP contribution in [0.4, 0.5) is 23.4 Å². The Hall–Kier alpha value is -5.28. The number of alkyl halides is 4. The molecule has 16 heteroatoms. The average Bonchev–Trinajstić information content (AvgIpc) is 3.62. The molecule has 0 unspecified atom stereocenters. The van der Waals surface area contributed by atoms with E-state index in [1.165, 1.54) is 18.5 Å². The molecule has 2 N–H and O–H groups in total. The molecule has 5 heterocycles. The van der Waals surface area contributed by atoms with Crippen LogP contribution in [0.3, 0.4) is 0 Å². The number of rotatable bonds is 4. The summed E-state index contributed by atoms with van der Waals surface area (Å²) in [5.74, 6) is -2.20. The Morgan fingerprint density at radius 3 is 2.45 bits per heavy atom. The van der Waals surface area contributed by atoms with Crippen LogP contribution in [-0.4, -0.2) is 77.9 Å². The van der Waals surface area contributed by atoms with Crippen molar-refractivity contribution in [1.29, 1.82) is 0 Å². The van der Waals surface area contributed by atoms with Crippen molar-refractivity contribution in [3.63, 3.8) is 0 Å². The van der Waals surface area contributed by atoms with Crippen LogP contribution >= 0.6 is 0 Å². The summed E-state index contributed by atoms with van der Waals surface area (Å²) in [6.45, 7) is 3.04. The number of nitrogens with zero attached hydrogens (tertiary/aromatic N) is 6. The molecule has 6 rings (SSSR count). The molecule has 1 saturated heterocycles. The monoisotopic (exact) mass is 708 g/mol. The van der Waals surface area contributed by atoms with Crippen molar-refractivity contribution in [3.05, 3.63) is 65.0 Å². The number of hydrogen-bond donors (Lipinski definition) is 2. The third-order valence-corrected chi connectivity index (χ3v) is 9.25. The first kappa shape index (κ1) is 35.5. The van der Waals surface area contributed by atoms with E-state index in [1.54, 1.807) is 25.4 Å². The molecule has 12 nitrogen and oxygen atoms in total. The van der Waals surface area contributed by atoms with Gasteiger partial charge < -0.3 is 15.5 Å². The van der Waals surface area contributed by atoms with E-state index in [-0.39, 0.29) is 35.2 Å². The number of carbonyl (C=O) groups is 4. The third-order valence-electron chi connectivity index (χ3n) is 9.25. The minimum absolute atomic E-state index is 0.114. The summed E-state index contributed by atoms with van der Waals surface area (Å²) < 4.78 is 58.1. The zero-order valence-corrected chi connectivity index (χ0v) is 28.2. The molecule has 3 aromatic heterocycles. The van der Waals surface area contributed by atoms with Gasteiger partial charge >= 0.3 is 6.18 Å². The number of carbonyl (C=O) groups excluding carboxylic acids is 4. The van der Waals surface area contributed by atoms with E-state index < -0.39 is 61.5 Å². The zero-order chi connectivity index (χ0) is 36.7. The normalized spacial score (nSPS) is 20.4. The summed E-state index contributed by atoms with van der Waals surface area (Å²) in [7, 11) is 0. The van der Waals surface area contributed by atoms with Crippen LogP contribution in [0.1, 0.15) is 72.2 Å². The van der Waals surface area contributed by atoms with Gasteiger partial charge in [0.1, 0.15) is 41.3 Å². The van der Waals surface area contributed by atoms with Gasteiger partial charge in [-0.15, -0.1) is 0 Å². The minimum Gasteiger partial charge on any atom is -0.353 e. The van der Waals surface area contributed by atoms with Crippen LogP contribution in [0.5, 0.6) is 0 Å². The second kappa shape index (κ2) is 13.8. The van der Waals surface area contributed by atoms with Crippen molar-refractivity contribution in [2.45, 2.75) is 83.7 Å². The lowest BCUT2D eigenvalue weighted by atomic mass is 9.96. The third kappa shape index (κ3) is 7.59. The van der Waals surface area contributed by atoms with E-state index in [1.807, 2.05) is 6.07 Å². The van der Waals surface area contributed by atoms with E-state index >= 15 is 4.39 Å². The summed E-state index contributed by atoms with van der Waals surface area (Å²) in [6, 6.07) is 4.16. The Morgan fingerprint density at radius 2 is 1.75 bits per heavy atom. The topological polar surface area (TPSA) is 152 Å². The van der Waals surface area contributed by atoms with Gasteiger partial charge in [-0.3, -0.25) is 23.9 Å². The molecule has 3 amide bonds. The molecule has 0 radical (unpaired) electrons. The molecule has 268 valence electrons. The zero-order valence-electron chi connectivity index (χ0n) is 28.2. The number of ketones is 1. The number of pyridine rings is 1. The molecule has 1 aromatic carbocycles. The van der Waals surface area contributed by atoms with Crippen molar-refractivity contribution in [2.75, 3.05) is 18.4 Å². The van der Waals surface area contributed by atoms with E-state index in [9.17, 15) is 32.3 Å². The first-order valence-electron chi connectivity index (χ1n) is 16.6. The molecule has 0 aliphatic carbocycles. The number of fused-ring (bicyclic) bond motifs is 2. The van der Waals surface area contributed by atoms with Crippen molar-refractivity contribution < 1.29 is 36.7 Å². The molecular formula is C35H36F4N8O4. The van der Waals surface area contributed by atoms with Gasteiger partial charge in [0.05, 0.1) is 18.6 Å². The van der Waals surface area contributed by atoms with Crippen molar-refractivity contribution in [2.24, 2.45) is 0 Å². The number of Topliss-reactive ketones (excluding diaryl/α,β-unsaturated/α-hetero) is 1. The molecule has 0 saturated carbocycles. The lowest BCUT2D eigenvalue weighted by Crippen LogP contribution is -2.45. The Morgan fingerprint density at radius 1 is 1.02 bits per heavy atom. The van der Waals surface area contributed by atoms with Crippen molar-refractivity contribution >= 4 is 40.2 Å². The number of aromatic nitrogens is 5. The molecule has 2 atom stereocenters. The van der Waals surface area contributed by atoms with Gasteiger partial charge in [-0.2, -0.15) is 18.3 Å².